The van der Waals surface area contributed by atoms with E-state index in [9.17, 15) is 14.0 Å². The summed E-state index contributed by atoms with van der Waals surface area (Å²) in [5.74, 6) is -1.40. The molecular formula is C14H17FN2O4. The van der Waals surface area contributed by atoms with E-state index in [0.29, 0.717) is 13.1 Å². The van der Waals surface area contributed by atoms with Crippen LogP contribution < -0.4 is 0 Å². The zero-order valence-electron chi connectivity index (χ0n) is 11.7. The molecule has 114 valence electrons. The molecule has 0 radical (unpaired) electrons. The zero-order valence-corrected chi connectivity index (χ0v) is 11.7. The molecule has 0 bridgehead atoms. The van der Waals surface area contributed by atoms with E-state index >= 15 is 0 Å². The Morgan fingerprint density at radius 1 is 1.43 bits per heavy atom. The Labute approximate surface area is 121 Å². The third kappa shape index (κ3) is 3.91. The molecule has 6 nitrogen and oxygen atoms in total. The Bertz CT molecular complexity index is 520. The molecule has 1 heterocycles. The van der Waals surface area contributed by atoms with Crippen molar-refractivity contribution in [3.63, 3.8) is 0 Å². The number of rotatable bonds is 3. The van der Waals surface area contributed by atoms with Crippen LogP contribution in [0.2, 0.25) is 0 Å². The lowest BCUT2D eigenvalue weighted by Crippen LogP contribution is -2.51. The number of ether oxygens (including phenoxy) is 1. The second kappa shape index (κ2) is 6.53. The quantitative estimate of drug-likeness (QED) is 0.909. The number of urea groups is 1. The molecule has 0 saturated carbocycles. The Balaban J connectivity index is 1.95. The van der Waals surface area contributed by atoms with E-state index < -0.39 is 12.1 Å². The van der Waals surface area contributed by atoms with Crippen LogP contribution in [-0.4, -0.2) is 59.8 Å². The highest BCUT2D eigenvalue weighted by atomic mass is 19.1. The van der Waals surface area contributed by atoms with E-state index in [1.165, 1.54) is 21.9 Å². The fourth-order valence-electron chi connectivity index (χ4n) is 2.15. The van der Waals surface area contributed by atoms with Crippen molar-refractivity contribution < 1.29 is 23.8 Å². The number of amides is 2. The average Bonchev–Trinajstić information content (AvgIpc) is 2.49. The van der Waals surface area contributed by atoms with Crippen molar-refractivity contribution in [2.45, 2.75) is 12.6 Å². The second-order valence-electron chi connectivity index (χ2n) is 4.91. The van der Waals surface area contributed by atoms with E-state index in [1.54, 1.807) is 19.2 Å². The molecule has 0 aromatic heterocycles. The minimum Gasteiger partial charge on any atom is -0.479 e. The largest absolute Gasteiger partial charge is 0.479 e. The number of hydrogen-bond acceptors (Lipinski definition) is 3. The van der Waals surface area contributed by atoms with Crippen LogP contribution in [0.15, 0.2) is 24.3 Å². The molecule has 1 aromatic rings. The van der Waals surface area contributed by atoms with Crippen LogP contribution in [0.25, 0.3) is 0 Å². The summed E-state index contributed by atoms with van der Waals surface area (Å²) < 4.78 is 17.9. The van der Waals surface area contributed by atoms with Gasteiger partial charge >= 0.3 is 12.0 Å². The van der Waals surface area contributed by atoms with E-state index in [-0.39, 0.29) is 25.0 Å². The Morgan fingerprint density at radius 2 is 2.10 bits per heavy atom. The first kappa shape index (κ1) is 15.2. The Kier molecular flexibility index (Phi) is 4.74. The van der Waals surface area contributed by atoms with Gasteiger partial charge in [-0.3, -0.25) is 0 Å². The maximum absolute atomic E-state index is 12.8. The predicted molar refractivity (Wildman–Crippen MR) is 72.2 cm³/mol. The molecule has 1 saturated heterocycles. The lowest BCUT2D eigenvalue weighted by atomic mass is 10.2. The van der Waals surface area contributed by atoms with Crippen molar-refractivity contribution in [2.75, 3.05) is 26.7 Å². The number of nitrogens with zero attached hydrogens (tertiary/aromatic N) is 2. The van der Waals surface area contributed by atoms with Gasteiger partial charge in [-0.2, -0.15) is 0 Å². The molecule has 1 atom stereocenters. The number of carbonyl (C=O) groups excluding carboxylic acids is 1. The highest BCUT2D eigenvalue weighted by Gasteiger charge is 2.30. The molecule has 1 fully saturated rings. The average molecular weight is 296 g/mol. The molecule has 7 heteroatoms. The molecule has 2 amide bonds. The molecule has 1 aliphatic rings. The van der Waals surface area contributed by atoms with Crippen LogP contribution >= 0.6 is 0 Å². The molecule has 0 aliphatic carbocycles. The van der Waals surface area contributed by atoms with Gasteiger partial charge in [0.25, 0.3) is 0 Å². The van der Waals surface area contributed by atoms with Gasteiger partial charge in [-0.1, -0.05) is 12.1 Å². The first-order chi connectivity index (χ1) is 9.97. The van der Waals surface area contributed by atoms with Crippen molar-refractivity contribution in [2.24, 2.45) is 0 Å². The topological polar surface area (TPSA) is 70.1 Å². The van der Waals surface area contributed by atoms with E-state index in [4.69, 9.17) is 9.84 Å². The molecule has 21 heavy (non-hydrogen) atoms. The van der Waals surface area contributed by atoms with E-state index in [2.05, 4.69) is 0 Å². The van der Waals surface area contributed by atoms with E-state index in [0.717, 1.165) is 5.56 Å². The third-order valence-electron chi connectivity index (χ3n) is 3.27. The smallest absolute Gasteiger partial charge is 0.334 e. The van der Waals surface area contributed by atoms with Gasteiger partial charge in [-0.05, 0) is 17.7 Å². The normalized spacial score (nSPS) is 18.4. The summed E-state index contributed by atoms with van der Waals surface area (Å²) in [5, 5.41) is 8.93. The fraction of sp³-hybridized carbons (Fsp3) is 0.429. The SMILES string of the molecule is CN(Cc1ccc(F)cc1)C(=O)N1CCOC(C(=O)O)C1. The Morgan fingerprint density at radius 3 is 2.71 bits per heavy atom. The number of carboxylic acid groups (broad SMARTS) is 1. The van der Waals surface area contributed by atoms with Crippen molar-refractivity contribution in [1.29, 1.82) is 0 Å². The third-order valence-corrected chi connectivity index (χ3v) is 3.27. The number of hydrogen-bond donors (Lipinski definition) is 1. The lowest BCUT2D eigenvalue weighted by molar-refractivity contribution is -0.154. The van der Waals surface area contributed by atoms with Gasteiger partial charge in [0, 0.05) is 20.1 Å². The van der Waals surface area contributed by atoms with Crippen LogP contribution in [-0.2, 0) is 16.1 Å². The predicted octanol–water partition coefficient (Wildman–Crippen LogP) is 1.16. The van der Waals surface area contributed by atoms with Gasteiger partial charge in [0.1, 0.15) is 5.82 Å². The fourth-order valence-corrected chi connectivity index (χ4v) is 2.15. The van der Waals surface area contributed by atoms with Crippen LogP contribution in [0.5, 0.6) is 0 Å². The molecule has 0 spiro atoms. The molecular weight excluding hydrogens is 279 g/mol. The Hall–Kier alpha value is -2.15. The monoisotopic (exact) mass is 296 g/mol. The van der Waals surface area contributed by atoms with Gasteiger partial charge in [0.05, 0.1) is 13.2 Å². The highest BCUT2D eigenvalue weighted by molar-refractivity contribution is 5.77. The van der Waals surface area contributed by atoms with Crippen LogP contribution in [0.1, 0.15) is 5.56 Å². The number of carboxylic acids is 1. The standard InChI is InChI=1S/C14H17FN2O4/c1-16(8-10-2-4-11(15)5-3-10)14(20)17-6-7-21-12(9-17)13(18)19/h2-5,12H,6-9H2,1H3,(H,18,19). The lowest BCUT2D eigenvalue weighted by Gasteiger charge is -2.33. The zero-order chi connectivity index (χ0) is 15.4. The number of morpholine rings is 1. The summed E-state index contributed by atoms with van der Waals surface area (Å²) in [7, 11) is 1.62. The molecule has 2 rings (SSSR count). The summed E-state index contributed by atoms with van der Waals surface area (Å²) in [4.78, 5) is 26.1. The summed E-state index contributed by atoms with van der Waals surface area (Å²) >= 11 is 0. The van der Waals surface area contributed by atoms with Gasteiger partial charge in [-0.25, -0.2) is 14.0 Å². The van der Waals surface area contributed by atoms with Crippen molar-refractivity contribution >= 4 is 12.0 Å². The summed E-state index contributed by atoms with van der Waals surface area (Å²) in [6.45, 7) is 0.916. The minimum absolute atomic E-state index is 0.0297. The number of halogens is 1. The summed E-state index contributed by atoms with van der Waals surface area (Å²) in [6.07, 6.45) is -0.984. The van der Waals surface area contributed by atoms with Crippen LogP contribution in [0.4, 0.5) is 9.18 Å². The van der Waals surface area contributed by atoms with Gasteiger partial charge in [-0.15, -0.1) is 0 Å². The maximum atomic E-state index is 12.8. The van der Waals surface area contributed by atoms with Gasteiger partial charge in [0.2, 0.25) is 0 Å². The van der Waals surface area contributed by atoms with Crippen LogP contribution in [0.3, 0.4) is 0 Å². The number of aliphatic carboxylic acids is 1. The molecule has 1 aromatic carbocycles. The minimum atomic E-state index is -1.08. The second-order valence-corrected chi connectivity index (χ2v) is 4.91. The van der Waals surface area contributed by atoms with Gasteiger partial charge < -0.3 is 19.6 Å². The molecule has 1 unspecified atom stereocenters. The summed E-state index contributed by atoms with van der Waals surface area (Å²) in [5.41, 5.74) is 0.801. The maximum Gasteiger partial charge on any atom is 0.334 e. The molecule has 1 aliphatic heterocycles. The van der Waals surface area contributed by atoms with E-state index in [1.807, 2.05) is 0 Å². The first-order valence-corrected chi connectivity index (χ1v) is 6.56. The summed E-state index contributed by atoms with van der Waals surface area (Å²) in [6, 6.07) is 5.62. The number of benzene rings is 1. The van der Waals surface area contributed by atoms with Gasteiger partial charge in [0.15, 0.2) is 6.10 Å². The first-order valence-electron chi connectivity index (χ1n) is 6.56. The molecule has 1 N–H and O–H groups in total. The number of carbonyl (C=O) groups is 2. The van der Waals surface area contributed by atoms with Crippen LogP contribution in [0, 0.1) is 5.82 Å². The highest BCUT2D eigenvalue weighted by Crippen LogP contribution is 2.11. The van der Waals surface area contributed by atoms with Crippen molar-refractivity contribution in [3.05, 3.63) is 35.6 Å². The van der Waals surface area contributed by atoms with Crippen molar-refractivity contribution in [3.8, 4) is 0 Å². The van der Waals surface area contributed by atoms with Crippen molar-refractivity contribution in [1.82, 2.24) is 9.80 Å².